The van der Waals surface area contributed by atoms with Gasteiger partial charge in [-0.15, -0.1) is 0 Å². The van der Waals surface area contributed by atoms with Crippen LogP contribution in [0.1, 0.15) is 22.3 Å². The molecule has 0 aliphatic heterocycles. The molecule has 2 nitrogen and oxygen atoms in total. The largest absolute Gasteiger partial charge is 0.381 e. The highest BCUT2D eigenvalue weighted by atomic mass is 19.1. The molecule has 102 valence electrons. The molecule has 2 rings (SSSR count). The summed E-state index contributed by atoms with van der Waals surface area (Å²) in [6.45, 7) is 3.96. The maximum atomic E-state index is 13.7. The average molecular weight is 272 g/mol. The Kier molecular flexibility index (Phi) is 3.99. The lowest BCUT2D eigenvalue weighted by molar-refractivity contribution is 0.559. The minimum absolute atomic E-state index is 0.0181. The van der Waals surface area contributed by atoms with Crippen molar-refractivity contribution >= 4 is 5.69 Å². The molecule has 0 amide bonds. The maximum absolute atomic E-state index is 13.7. The molecule has 0 heterocycles. The van der Waals surface area contributed by atoms with Crippen LogP contribution < -0.4 is 5.32 Å². The molecule has 0 bridgehead atoms. The molecule has 0 radical (unpaired) electrons. The van der Waals surface area contributed by atoms with Crippen molar-refractivity contribution in [2.45, 2.75) is 20.4 Å². The predicted molar refractivity (Wildman–Crippen MR) is 74.3 cm³/mol. The molecule has 2 aromatic rings. The van der Waals surface area contributed by atoms with Gasteiger partial charge in [-0.1, -0.05) is 12.1 Å². The van der Waals surface area contributed by atoms with Gasteiger partial charge < -0.3 is 5.32 Å². The first kappa shape index (κ1) is 14.0. The Morgan fingerprint density at radius 1 is 1.15 bits per heavy atom. The van der Waals surface area contributed by atoms with Crippen LogP contribution in [0.2, 0.25) is 0 Å². The van der Waals surface area contributed by atoms with Crippen LogP contribution in [0.4, 0.5) is 14.5 Å². The zero-order valence-corrected chi connectivity index (χ0v) is 11.3. The van der Waals surface area contributed by atoms with Gasteiger partial charge in [0, 0.05) is 17.8 Å². The molecular formula is C16H14F2N2. The van der Waals surface area contributed by atoms with Gasteiger partial charge in [-0.3, -0.25) is 0 Å². The second kappa shape index (κ2) is 5.70. The topological polar surface area (TPSA) is 35.8 Å². The van der Waals surface area contributed by atoms with E-state index in [1.54, 1.807) is 6.07 Å². The SMILES string of the molecule is Cc1cccc(NCc2c(F)cc(C#N)cc2F)c1C. The smallest absolute Gasteiger partial charge is 0.132 e. The van der Waals surface area contributed by atoms with Crippen molar-refractivity contribution in [3.8, 4) is 6.07 Å². The number of halogens is 2. The van der Waals surface area contributed by atoms with Crippen molar-refractivity contribution in [1.29, 1.82) is 5.26 Å². The molecule has 0 aliphatic carbocycles. The molecular weight excluding hydrogens is 258 g/mol. The zero-order valence-electron chi connectivity index (χ0n) is 11.3. The van der Waals surface area contributed by atoms with Crippen LogP contribution >= 0.6 is 0 Å². The quantitative estimate of drug-likeness (QED) is 0.914. The van der Waals surface area contributed by atoms with E-state index in [-0.39, 0.29) is 17.7 Å². The maximum Gasteiger partial charge on any atom is 0.132 e. The van der Waals surface area contributed by atoms with Gasteiger partial charge in [-0.05, 0) is 43.2 Å². The Bertz CT molecular complexity index is 664. The minimum atomic E-state index is -0.709. The third-order valence-corrected chi connectivity index (χ3v) is 3.33. The molecule has 0 aliphatic rings. The van der Waals surface area contributed by atoms with E-state index in [4.69, 9.17) is 5.26 Å². The lowest BCUT2D eigenvalue weighted by Gasteiger charge is -2.12. The standard InChI is InChI=1S/C16H14F2N2/c1-10-4-3-5-16(11(10)2)20-9-13-14(17)6-12(8-19)7-15(13)18/h3-7,20H,9H2,1-2H3. The number of nitrogens with zero attached hydrogens (tertiary/aromatic N) is 1. The number of benzene rings is 2. The lowest BCUT2D eigenvalue weighted by Crippen LogP contribution is -2.06. The molecule has 0 spiro atoms. The summed E-state index contributed by atoms with van der Waals surface area (Å²) in [6, 6.07) is 9.54. The lowest BCUT2D eigenvalue weighted by atomic mass is 10.1. The molecule has 2 aromatic carbocycles. The molecule has 4 heteroatoms. The van der Waals surface area contributed by atoms with E-state index in [0.29, 0.717) is 0 Å². The summed E-state index contributed by atoms with van der Waals surface area (Å²) in [5.41, 5.74) is 2.91. The summed E-state index contributed by atoms with van der Waals surface area (Å²) in [6.07, 6.45) is 0. The van der Waals surface area contributed by atoms with Gasteiger partial charge in [0.05, 0.1) is 11.6 Å². The number of nitrogens with one attached hydrogen (secondary N) is 1. The number of hydrogen-bond donors (Lipinski definition) is 1. The highest BCUT2D eigenvalue weighted by Crippen LogP contribution is 2.21. The number of aryl methyl sites for hydroxylation is 1. The highest BCUT2D eigenvalue weighted by Gasteiger charge is 2.11. The van der Waals surface area contributed by atoms with Crippen LogP contribution in [-0.4, -0.2) is 0 Å². The van der Waals surface area contributed by atoms with Crippen molar-refractivity contribution in [1.82, 2.24) is 0 Å². The summed E-state index contributed by atoms with van der Waals surface area (Å²) in [4.78, 5) is 0. The third kappa shape index (κ3) is 2.77. The van der Waals surface area contributed by atoms with Crippen molar-refractivity contribution in [2.24, 2.45) is 0 Å². The summed E-state index contributed by atoms with van der Waals surface area (Å²) < 4.78 is 27.5. The summed E-state index contributed by atoms with van der Waals surface area (Å²) in [5, 5.41) is 11.7. The Morgan fingerprint density at radius 2 is 1.80 bits per heavy atom. The van der Waals surface area contributed by atoms with E-state index in [9.17, 15) is 8.78 Å². The Morgan fingerprint density at radius 3 is 2.40 bits per heavy atom. The van der Waals surface area contributed by atoms with Gasteiger partial charge in [-0.25, -0.2) is 8.78 Å². The van der Waals surface area contributed by atoms with Gasteiger partial charge in [-0.2, -0.15) is 5.26 Å². The van der Waals surface area contributed by atoms with Crippen molar-refractivity contribution in [3.05, 3.63) is 64.2 Å². The molecule has 20 heavy (non-hydrogen) atoms. The summed E-state index contributed by atoms with van der Waals surface area (Å²) >= 11 is 0. The molecule has 0 unspecified atom stereocenters. The highest BCUT2D eigenvalue weighted by molar-refractivity contribution is 5.54. The summed E-state index contributed by atoms with van der Waals surface area (Å²) in [5.74, 6) is -1.42. The van der Waals surface area contributed by atoms with E-state index < -0.39 is 11.6 Å². The van der Waals surface area contributed by atoms with Gasteiger partial charge in [0.1, 0.15) is 11.6 Å². The summed E-state index contributed by atoms with van der Waals surface area (Å²) in [7, 11) is 0. The number of nitriles is 1. The predicted octanol–water partition coefficient (Wildman–Crippen LogP) is 4.07. The Labute approximate surface area is 116 Å². The van der Waals surface area contributed by atoms with Gasteiger partial charge >= 0.3 is 0 Å². The monoisotopic (exact) mass is 272 g/mol. The van der Waals surface area contributed by atoms with Gasteiger partial charge in [0.25, 0.3) is 0 Å². The molecule has 0 atom stereocenters. The molecule has 0 saturated heterocycles. The van der Waals surface area contributed by atoms with Crippen LogP contribution in [0.3, 0.4) is 0 Å². The third-order valence-electron chi connectivity index (χ3n) is 3.33. The first-order chi connectivity index (χ1) is 9.52. The first-order valence-corrected chi connectivity index (χ1v) is 6.21. The fourth-order valence-electron chi connectivity index (χ4n) is 1.96. The Hall–Kier alpha value is -2.41. The Balaban J connectivity index is 2.24. The van der Waals surface area contributed by atoms with Crippen molar-refractivity contribution < 1.29 is 8.78 Å². The second-order valence-electron chi connectivity index (χ2n) is 4.63. The number of anilines is 1. The van der Waals surface area contributed by atoms with Crippen LogP contribution in [-0.2, 0) is 6.54 Å². The molecule has 0 fully saturated rings. The fraction of sp³-hybridized carbons (Fsp3) is 0.188. The van der Waals surface area contributed by atoms with E-state index >= 15 is 0 Å². The van der Waals surface area contributed by atoms with Gasteiger partial charge in [0.15, 0.2) is 0 Å². The number of hydrogen-bond acceptors (Lipinski definition) is 2. The number of rotatable bonds is 3. The van der Waals surface area contributed by atoms with Crippen LogP contribution in [0.15, 0.2) is 30.3 Å². The average Bonchev–Trinajstić information content (AvgIpc) is 2.42. The van der Waals surface area contributed by atoms with E-state index in [2.05, 4.69) is 5.32 Å². The zero-order chi connectivity index (χ0) is 14.7. The van der Waals surface area contributed by atoms with Crippen LogP contribution in [0.25, 0.3) is 0 Å². The fourth-order valence-corrected chi connectivity index (χ4v) is 1.96. The minimum Gasteiger partial charge on any atom is -0.381 e. The van der Waals surface area contributed by atoms with Crippen molar-refractivity contribution in [3.63, 3.8) is 0 Å². The van der Waals surface area contributed by atoms with Gasteiger partial charge in [0.2, 0.25) is 0 Å². The molecule has 0 aromatic heterocycles. The van der Waals surface area contributed by atoms with E-state index in [0.717, 1.165) is 28.9 Å². The van der Waals surface area contributed by atoms with Crippen LogP contribution in [0.5, 0.6) is 0 Å². The van der Waals surface area contributed by atoms with Crippen molar-refractivity contribution in [2.75, 3.05) is 5.32 Å². The first-order valence-electron chi connectivity index (χ1n) is 6.21. The van der Waals surface area contributed by atoms with E-state index in [1.165, 1.54) is 0 Å². The van der Waals surface area contributed by atoms with Crippen LogP contribution in [0, 0.1) is 36.8 Å². The molecule has 1 N–H and O–H groups in total. The van der Waals surface area contributed by atoms with E-state index in [1.807, 2.05) is 32.0 Å². The molecule has 0 saturated carbocycles. The second-order valence-corrected chi connectivity index (χ2v) is 4.63. The normalized spacial score (nSPS) is 10.2.